The van der Waals surface area contributed by atoms with Gasteiger partial charge in [-0.2, -0.15) is 0 Å². The third-order valence-electron chi connectivity index (χ3n) is 3.52. The molecular formula is C18H13FN2O3S. The number of benzene rings is 1. The van der Waals surface area contributed by atoms with Crippen LogP contribution in [0.3, 0.4) is 0 Å². The van der Waals surface area contributed by atoms with Crippen LogP contribution >= 0.6 is 12.2 Å². The number of carbonyl (C=O) groups excluding carboxylic acids is 2. The number of furan rings is 1. The molecule has 1 aromatic heterocycles. The molecule has 1 fully saturated rings. The van der Waals surface area contributed by atoms with Crippen LogP contribution in [0.4, 0.5) is 4.39 Å². The van der Waals surface area contributed by atoms with E-state index in [4.69, 9.17) is 16.6 Å². The summed E-state index contributed by atoms with van der Waals surface area (Å²) in [5.41, 5.74) is 0.453. The van der Waals surface area contributed by atoms with E-state index in [0.29, 0.717) is 17.1 Å². The van der Waals surface area contributed by atoms with Gasteiger partial charge in [-0.05, 0) is 42.6 Å². The van der Waals surface area contributed by atoms with Gasteiger partial charge in [0, 0.05) is 12.1 Å². The average molecular weight is 356 g/mol. The molecule has 7 heteroatoms. The van der Waals surface area contributed by atoms with Gasteiger partial charge in [-0.1, -0.05) is 18.2 Å². The van der Waals surface area contributed by atoms with Crippen LogP contribution in [0.5, 0.6) is 0 Å². The molecule has 0 atom stereocenters. The van der Waals surface area contributed by atoms with Crippen LogP contribution < -0.4 is 5.32 Å². The van der Waals surface area contributed by atoms with E-state index in [9.17, 15) is 14.0 Å². The Morgan fingerprint density at radius 1 is 1.28 bits per heavy atom. The van der Waals surface area contributed by atoms with Gasteiger partial charge < -0.3 is 4.42 Å². The summed E-state index contributed by atoms with van der Waals surface area (Å²) in [6, 6.07) is 9.16. The lowest BCUT2D eigenvalue weighted by molar-refractivity contribution is -0.128. The first-order valence-electron chi connectivity index (χ1n) is 7.35. The number of hydrogen-bond donors (Lipinski definition) is 1. The highest BCUT2D eigenvalue weighted by molar-refractivity contribution is 7.80. The molecule has 2 aromatic rings. The van der Waals surface area contributed by atoms with Gasteiger partial charge in [0.2, 0.25) is 0 Å². The highest BCUT2D eigenvalue weighted by Crippen LogP contribution is 2.24. The quantitative estimate of drug-likeness (QED) is 0.396. The zero-order valence-corrected chi connectivity index (χ0v) is 13.8. The van der Waals surface area contributed by atoms with E-state index in [1.54, 1.807) is 24.3 Å². The Bertz CT molecular complexity index is 917. The van der Waals surface area contributed by atoms with Crippen molar-refractivity contribution in [1.82, 2.24) is 10.2 Å². The molecule has 1 N–H and O–H groups in total. The Morgan fingerprint density at radius 3 is 2.80 bits per heavy atom. The number of amides is 2. The molecular weight excluding hydrogens is 343 g/mol. The minimum absolute atomic E-state index is 0.0342. The molecule has 126 valence electrons. The van der Waals surface area contributed by atoms with Crippen molar-refractivity contribution in [3.63, 3.8) is 0 Å². The third-order valence-corrected chi connectivity index (χ3v) is 3.84. The van der Waals surface area contributed by atoms with Gasteiger partial charge in [-0.15, -0.1) is 6.58 Å². The molecule has 0 aliphatic carbocycles. The van der Waals surface area contributed by atoms with Crippen LogP contribution in [-0.2, 0) is 9.59 Å². The van der Waals surface area contributed by atoms with Crippen molar-refractivity contribution in [3.8, 4) is 11.3 Å². The number of carbonyl (C=O) groups is 2. The summed E-state index contributed by atoms with van der Waals surface area (Å²) in [4.78, 5) is 25.7. The Kier molecular flexibility index (Phi) is 4.58. The van der Waals surface area contributed by atoms with Crippen LogP contribution in [0.15, 0.2) is 59.0 Å². The summed E-state index contributed by atoms with van der Waals surface area (Å²) >= 11 is 4.98. The fraction of sp³-hybridized carbons (Fsp3) is 0.0556. The lowest BCUT2D eigenvalue weighted by Gasteiger charge is -2.27. The number of nitrogens with one attached hydrogen (secondary N) is 1. The number of rotatable bonds is 4. The van der Waals surface area contributed by atoms with Crippen molar-refractivity contribution < 1.29 is 18.4 Å². The molecule has 0 bridgehead atoms. The van der Waals surface area contributed by atoms with E-state index < -0.39 is 11.8 Å². The second kappa shape index (κ2) is 6.82. The number of thiocarbonyl (C=S) groups is 1. The first-order valence-corrected chi connectivity index (χ1v) is 7.76. The highest BCUT2D eigenvalue weighted by Gasteiger charge is 2.32. The van der Waals surface area contributed by atoms with E-state index in [1.807, 2.05) is 0 Å². The molecule has 1 aliphatic heterocycles. The maximum absolute atomic E-state index is 13.3. The lowest BCUT2D eigenvalue weighted by Crippen LogP contribution is -2.53. The van der Waals surface area contributed by atoms with Crippen LogP contribution in [0.1, 0.15) is 5.76 Å². The number of hydrogen-bond acceptors (Lipinski definition) is 4. The molecule has 1 aromatic carbocycles. The number of halogens is 1. The first-order chi connectivity index (χ1) is 12.0. The van der Waals surface area contributed by atoms with Crippen molar-refractivity contribution in [1.29, 1.82) is 0 Å². The van der Waals surface area contributed by atoms with Gasteiger partial charge in [0.05, 0.1) is 0 Å². The molecule has 0 saturated carbocycles. The Balaban J connectivity index is 1.92. The summed E-state index contributed by atoms with van der Waals surface area (Å²) in [5.74, 6) is -0.793. The van der Waals surface area contributed by atoms with Crippen molar-refractivity contribution >= 4 is 35.2 Å². The summed E-state index contributed by atoms with van der Waals surface area (Å²) in [6.07, 6.45) is 2.84. The molecule has 25 heavy (non-hydrogen) atoms. The second-order valence-electron chi connectivity index (χ2n) is 5.23. The summed E-state index contributed by atoms with van der Waals surface area (Å²) in [5, 5.41) is 2.49. The second-order valence-corrected chi connectivity index (χ2v) is 5.62. The Morgan fingerprint density at radius 2 is 2.08 bits per heavy atom. The monoisotopic (exact) mass is 356 g/mol. The maximum atomic E-state index is 13.3. The van der Waals surface area contributed by atoms with Crippen LogP contribution in [0.25, 0.3) is 17.4 Å². The van der Waals surface area contributed by atoms with Crippen molar-refractivity contribution in [2.75, 3.05) is 6.54 Å². The summed E-state index contributed by atoms with van der Waals surface area (Å²) in [6.45, 7) is 3.74. The highest BCUT2D eigenvalue weighted by atomic mass is 32.1. The van der Waals surface area contributed by atoms with Gasteiger partial charge in [0.1, 0.15) is 22.9 Å². The molecule has 0 spiro atoms. The van der Waals surface area contributed by atoms with E-state index in [2.05, 4.69) is 11.9 Å². The van der Waals surface area contributed by atoms with Gasteiger partial charge in [0.25, 0.3) is 11.8 Å². The molecule has 3 rings (SSSR count). The molecule has 2 heterocycles. The molecule has 2 amide bonds. The predicted octanol–water partition coefficient (Wildman–Crippen LogP) is 2.90. The fourth-order valence-electron chi connectivity index (χ4n) is 2.36. The van der Waals surface area contributed by atoms with Crippen LogP contribution in [-0.4, -0.2) is 28.4 Å². The summed E-state index contributed by atoms with van der Waals surface area (Å²) in [7, 11) is 0. The smallest absolute Gasteiger partial charge is 0.266 e. The third kappa shape index (κ3) is 3.41. The average Bonchev–Trinajstić information content (AvgIpc) is 3.04. The maximum Gasteiger partial charge on any atom is 0.266 e. The minimum atomic E-state index is -0.598. The normalized spacial score (nSPS) is 16.3. The minimum Gasteiger partial charge on any atom is -0.457 e. The SMILES string of the molecule is C=CCN1C(=O)/C(=C/c2ccc(-c3cccc(F)c3)o2)C(=O)NC1=S. The molecule has 1 aliphatic rings. The van der Waals surface area contributed by atoms with E-state index in [1.165, 1.54) is 29.2 Å². The van der Waals surface area contributed by atoms with Crippen molar-refractivity contribution in [2.24, 2.45) is 0 Å². The largest absolute Gasteiger partial charge is 0.457 e. The molecule has 1 saturated heterocycles. The van der Waals surface area contributed by atoms with E-state index in [0.717, 1.165) is 0 Å². The zero-order chi connectivity index (χ0) is 18.0. The van der Waals surface area contributed by atoms with Crippen molar-refractivity contribution in [2.45, 2.75) is 0 Å². The summed E-state index contributed by atoms with van der Waals surface area (Å²) < 4.78 is 18.9. The van der Waals surface area contributed by atoms with Gasteiger partial charge >= 0.3 is 0 Å². The van der Waals surface area contributed by atoms with Gasteiger partial charge in [0.15, 0.2) is 5.11 Å². The van der Waals surface area contributed by atoms with Gasteiger partial charge in [-0.3, -0.25) is 19.8 Å². The standard InChI is InChI=1S/C18H13FN2O3S/c1-2-8-21-17(23)14(16(22)20-18(21)25)10-13-6-7-15(24-13)11-4-3-5-12(19)9-11/h2-7,9-10H,1,8H2,(H,20,22,25)/b14-10+. The molecule has 5 nitrogen and oxygen atoms in total. The van der Waals surface area contributed by atoms with Gasteiger partial charge in [-0.25, -0.2) is 4.39 Å². The molecule has 0 radical (unpaired) electrons. The van der Waals surface area contributed by atoms with Crippen LogP contribution in [0.2, 0.25) is 0 Å². The van der Waals surface area contributed by atoms with Crippen LogP contribution in [0, 0.1) is 5.82 Å². The van der Waals surface area contributed by atoms with E-state index in [-0.39, 0.29) is 23.0 Å². The molecule has 0 unspecified atom stereocenters. The van der Waals surface area contributed by atoms with E-state index >= 15 is 0 Å². The Labute approximate surface area is 148 Å². The lowest BCUT2D eigenvalue weighted by atomic mass is 10.1. The predicted molar refractivity (Wildman–Crippen MR) is 94.7 cm³/mol. The number of nitrogens with zero attached hydrogens (tertiary/aromatic N) is 1. The first kappa shape index (κ1) is 16.8. The Hall–Kier alpha value is -3.06. The zero-order valence-electron chi connectivity index (χ0n) is 13.0. The topological polar surface area (TPSA) is 62.6 Å². The fourth-order valence-corrected chi connectivity index (χ4v) is 2.61. The van der Waals surface area contributed by atoms with Crippen molar-refractivity contribution in [3.05, 3.63) is 66.2 Å².